The molecule has 1 fully saturated rings. The summed E-state index contributed by atoms with van der Waals surface area (Å²) >= 11 is 0. The van der Waals surface area contributed by atoms with E-state index in [1.807, 2.05) is 25.3 Å². The topological polar surface area (TPSA) is 22.1 Å². The van der Waals surface area contributed by atoms with E-state index in [0.29, 0.717) is 11.5 Å². The molecular weight excluding hydrogens is 162 g/mol. The molecule has 0 bridgehead atoms. The van der Waals surface area contributed by atoms with Crippen LogP contribution in [-0.2, 0) is 0 Å². The second kappa shape index (κ2) is 2.72. The van der Waals surface area contributed by atoms with Crippen LogP contribution in [0.3, 0.4) is 0 Å². The standard InChI is InChI=1S/C11H15NO/c1-8-4-5-10(12-7-8)13-9-6-11(9,2)3/h4-5,7,9H,6H2,1-3H3/t9-/m0/s1. The van der Waals surface area contributed by atoms with Gasteiger partial charge in [0.2, 0.25) is 5.88 Å². The molecule has 13 heavy (non-hydrogen) atoms. The average Bonchev–Trinajstić information content (AvgIpc) is 2.64. The second-order valence-electron chi connectivity index (χ2n) is 4.47. The Kier molecular flexibility index (Phi) is 1.79. The van der Waals surface area contributed by atoms with Crippen molar-refractivity contribution in [3.63, 3.8) is 0 Å². The van der Waals surface area contributed by atoms with Crippen LogP contribution in [0.25, 0.3) is 0 Å². The molecule has 1 aliphatic carbocycles. The van der Waals surface area contributed by atoms with E-state index in [-0.39, 0.29) is 0 Å². The van der Waals surface area contributed by atoms with Crippen molar-refractivity contribution in [1.29, 1.82) is 0 Å². The Labute approximate surface area is 78.9 Å². The fourth-order valence-corrected chi connectivity index (χ4v) is 1.29. The maximum atomic E-state index is 5.68. The van der Waals surface area contributed by atoms with Gasteiger partial charge in [0.15, 0.2) is 0 Å². The summed E-state index contributed by atoms with van der Waals surface area (Å²) in [4.78, 5) is 4.20. The molecule has 0 spiro atoms. The van der Waals surface area contributed by atoms with Gasteiger partial charge in [-0.1, -0.05) is 19.9 Å². The van der Waals surface area contributed by atoms with Crippen LogP contribution in [0.15, 0.2) is 18.3 Å². The molecule has 1 aromatic heterocycles. The number of aromatic nitrogens is 1. The Morgan fingerprint density at radius 2 is 2.15 bits per heavy atom. The summed E-state index contributed by atoms with van der Waals surface area (Å²) < 4.78 is 5.68. The van der Waals surface area contributed by atoms with Gasteiger partial charge >= 0.3 is 0 Å². The molecule has 1 atom stereocenters. The molecule has 1 aromatic rings. The molecule has 2 heteroatoms. The minimum absolute atomic E-state index is 0.354. The molecule has 1 aliphatic rings. The minimum Gasteiger partial charge on any atom is -0.474 e. The van der Waals surface area contributed by atoms with E-state index in [2.05, 4.69) is 18.8 Å². The SMILES string of the molecule is Cc1ccc(O[C@H]2CC2(C)C)nc1. The zero-order valence-electron chi connectivity index (χ0n) is 8.37. The fourth-order valence-electron chi connectivity index (χ4n) is 1.29. The van der Waals surface area contributed by atoms with Gasteiger partial charge in [-0.3, -0.25) is 0 Å². The van der Waals surface area contributed by atoms with Crippen LogP contribution >= 0.6 is 0 Å². The van der Waals surface area contributed by atoms with Crippen molar-refractivity contribution in [3.05, 3.63) is 23.9 Å². The predicted molar refractivity (Wildman–Crippen MR) is 51.8 cm³/mol. The molecule has 70 valence electrons. The van der Waals surface area contributed by atoms with Crippen LogP contribution in [0.5, 0.6) is 5.88 Å². The lowest BCUT2D eigenvalue weighted by atomic mass is 10.2. The molecule has 1 saturated carbocycles. The zero-order chi connectivity index (χ0) is 9.47. The summed E-state index contributed by atoms with van der Waals surface area (Å²) in [5, 5.41) is 0. The molecule has 0 unspecified atom stereocenters. The third-order valence-corrected chi connectivity index (χ3v) is 2.57. The highest BCUT2D eigenvalue weighted by atomic mass is 16.5. The van der Waals surface area contributed by atoms with Crippen molar-refractivity contribution >= 4 is 0 Å². The summed E-state index contributed by atoms with van der Waals surface area (Å²) in [6.07, 6.45) is 3.34. The van der Waals surface area contributed by atoms with E-state index in [1.165, 1.54) is 5.56 Å². The first-order valence-electron chi connectivity index (χ1n) is 4.67. The third-order valence-electron chi connectivity index (χ3n) is 2.57. The van der Waals surface area contributed by atoms with E-state index in [0.717, 1.165) is 12.3 Å². The molecule has 0 aromatic carbocycles. The van der Waals surface area contributed by atoms with E-state index in [4.69, 9.17) is 4.74 Å². The van der Waals surface area contributed by atoms with Gasteiger partial charge in [-0.2, -0.15) is 0 Å². The van der Waals surface area contributed by atoms with Crippen molar-refractivity contribution in [1.82, 2.24) is 4.98 Å². The van der Waals surface area contributed by atoms with Gasteiger partial charge in [-0.15, -0.1) is 0 Å². The van der Waals surface area contributed by atoms with Gasteiger partial charge in [0.05, 0.1) is 0 Å². The van der Waals surface area contributed by atoms with Crippen LogP contribution in [-0.4, -0.2) is 11.1 Å². The Balaban J connectivity index is 2.00. The first-order valence-corrected chi connectivity index (χ1v) is 4.67. The number of nitrogens with zero attached hydrogens (tertiary/aromatic N) is 1. The van der Waals surface area contributed by atoms with Crippen molar-refractivity contribution in [2.45, 2.75) is 33.3 Å². The van der Waals surface area contributed by atoms with Gasteiger partial charge < -0.3 is 4.74 Å². The summed E-state index contributed by atoms with van der Waals surface area (Å²) in [6, 6.07) is 3.96. The third kappa shape index (κ3) is 1.82. The maximum absolute atomic E-state index is 5.68. The van der Waals surface area contributed by atoms with Crippen molar-refractivity contribution in [2.75, 3.05) is 0 Å². The van der Waals surface area contributed by atoms with Gasteiger partial charge in [0.25, 0.3) is 0 Å². The minimum atomic E-state index is 0.354. The van der Waals surface area contributed by atoms with Gasteiger partial charge in [-0.05, 0) is 18.9 Å². The lowest BCUT2D eigenvalue weighted by molar-refractivity contribution is 0.250. The summed E-state index contributed by atoms with van der Waals surface area (Å²) in [5.74, 6) is 0.751. The molecule has 0 saturated heterocycles. The fraction of sp³-hybridized carbons (Fsp3) is 0.545. The van der Waals surface area contributed by atoms with Crippen LogP contribution in [0.1, 0.15) is 25.8 Å². The van der Waals surface area contributed by atoms with E-state index >= 15 is 0 Å². The molecule has 0 aliphatic heterocycles. The lowest BCUT2D eigenvalue weighted by Gasteiger charge is -2.06. The smallest absolute Gasteiger partial charge is 0.213 e. The van der Waals surface area contributed by atoms with Crippen molar-refractivity contribution < 1.29 is 4.74 Å². The molecule has 0 radical (unpaired) electrons. The highest BCUT2D eigenvalue weighted by molar-refractivity contribution is 5.18. The Hall–Kier alpha value is -1.05. The quantitative estimate of drug-likeness (QED) is 0.692. The normalized spacial score (nSPS) is 24.1. The highest BCUT2D eigenvalue weighted by Gasteiger charge is 2.48. The van der Waals surface area contributed by atoms with Crippen LogP contribution < -0.4 is 4.74 Å². The maximum Gasteiger partial charge on any atom is 0.213 e. The monoisotopic (exact) mass is 177 g/mol. The highest BCUT2D eigenvalue weighted by Crippen LogP contribution is 2.46. The summed E-state index contributed by atoms with van der Waals surface area (Å²) in [6.45, 7) is 6.45. The first-order chi connectivity index (χ1) is 6.08. The molecule has 2 nitrogen and oxygen atoms in total. The number of rotatable bonds is 2. The molecule has 0 N–H and O–H groups in total. The summed E-state index contributed by atoms with van der Waals surface area (Å²) in [7, 11) is 0. The van der Waals surface area contributed by atoms with Crippen LogP contribution in [0, 0.1) is 12.3 Å². The molecular formula is C11H15NO. The second-order valence-corrected chi connectivity index (χ2v) is 4.47. The largest absolute Gasteiger partial charge is 0.474 e. The first kappa shape index (κ1) is 8.54. The van der Waals surface area contributed by atoms with E-state index in [1.54, 1.807) is 0 Å². The van der Waals surface area contributed by atoms with Crippen molar-refractivity contribution in [2.24, 2.45) is 5.41 Å². The van der Waals surface area contributed by atoms with Gasteiger partial charge in [0, 0.05) is 17.7 Å². The Morgan fingerprint density at radius 1 is 1.46 bits per heavy atom. The van der Waals surface area contributed by atoms with Gasteiger partial charge in [0.1, 0.15) is 6.10 Å². The number of hydrogen-bond donors (Lipinski definition) is 0. The molecule has 1 heterocycles. The molecule has 0 amide bonds. The predicted octanol–water partition coefficient (Wildman–Crippen LogP) is 2.57. The Morgan fingerprint density at radius 3 is 2.62 bits per heavy atom. The number of hydrogen-bond acceptors (Lipinski definition) is 2. The lowest BCUT2D eigenvalue weighted by Crippen LogP contribution is -2.05. The van der Waals surface area contributed by atoms with Crippen molar-refractivity contribution in [3.8, 4) is 5.88 Å². The Bertz CT molecular complexity index is 302. The van der Waals surface area contributed by atoms with Crippen LogP contribution in [0.4, 0.5) is 0 Å². The van der Waals surface area contributed by atoms with E-state index < -0.39 is 0 Å². The number of pyridine rings is 1. The number of ether oxygens (including phenoxy) is 1. The van der Waals surface area contributed by atoms with Gasteiger partial charge in [-0.25, -0.2) is 4.98 Å². The number of aryl methyl sites for hydroxylation is 1. The average molecular weight is 177 g/mol. The van der Waals surface area contributed by atoms with E-state index in [9.17, 15) is 0 Å². The molecule has 2 rings (SSSR count). The zero-order valence-corrected chi connectivity index (χ0v) is 8.37. The summed E-state index contributed by atoms with van der Waals surface area (Å²) in [5.41, 5.74) is 1.52. The van der Waals surface area contributed by atoms with Crippen LogP contribution in [0.2, 0.25) is 0 Å².